The number of halogens is 1. The molecule has 0 bridgehead atoms. The summed E-state index contributed by atoms with van der Waals surface area (Å²) in [5, 5.41) is 0. The molecule has 0 heterocycles. The van der Waals surface area contributed by atoms with Gasteiger partial charge in [-0.1, -0.05) is 18.2 Å². The van der Waals surface area contributed by atoms with Gasteiger partial charge in [0, 0.05) is 12.6 Å². The summed E-state index contributed by atoms with van der Waals surface area (Å²) in [5.41, 5.74) is 1.84. The molecule has 0 saturated heterocycles. The summed E-state index contributed by atoms with van der Waals surface area (Å²) >= 11 is 0. The summed E-state index contributed by atoms with van der Waals surface area (Å²) in [4.78, 5) is 14.4. The summed E-state index contributed by atoms with van der Waals surface area (Å²) in [6.45, 7) is 2.30. The zero-order chi connectivity index (χ0) is 17.8. The van der Waals surface area contributed by atoms with Gasteiger partial charge in [0.25, 0.3) is 5.91 Å². The monoisotopic (exact) mass is 343 g/mol. The second-order valence-corrected chi connectivity index (χ2v) is 6.33. The van der Waals surface area contributed by atoms with Gasteiger partial charge in [0.05, 0.1) is 7.11 Å². The average molecular weight is 343 g/mol. The third-order valence-electron chi connectivity index (χ3n) is 4.22. The van der Waals surface area contributed by atoms with E-state index in [1.807, 2.05) is 25.1 Å². The van der Waals surface area contributed by atoms with Crippen LogP contribution in [0.25, 0.3) is 0 Å². The molecular weight excluding hydrogens is 321 g/mol. The van der Waals surface area contributed by atoms with Gasteiger partial charge in [-0.15, -0.1) is 0 Å². The Hall–Kier alpha value is -2.56. The van der Waals surface area contributed by atoms with Crippen molar-refractivity contribution in [2.24, 2.45) is 0 Å². The molecule has 1 aliphatic carbocycles. The molecule has 0 aromatic heterocycles. The topological polar surface area (TPSA) is 38.8 Å². The van der Waals surface area contributed by atoms with Gasteiger partial charge in [-0.05, 0) is 55.2 Å². The fraction of sp³-hybridized carbons (Fsp3) is 0.350. The molecule has 5 heteroatoms. The lowest BCUT2D eigenvalue weighted by Crippen LogP contribution is -2.36. The molecule has 2 aromatic rings. The fourth-order valence-corrected chi connectivity index (χ4v) is 2.76. The molecule has 2 aromatic carbocycles. The van der Waals surface area contributed by atoms with Crippen LogP contribution in [0.2, 0.25) is 0 Å². The molecule has 4 nitrogen and oxygen atoms in total. The minimum absolute atomic E-state index is 0.0642. The van der Waals surface area contributed by atoms with E-state index in [2.05, 4.69) is 0 Å². The Kier molecular flexibility index (Phi) is 5.22. The molecule has 0 spiro atoms. The van der Waals surface area contributed by atoms with Gasteiger partial charge in [-0.2, -0.15) is 0 Å². The number of amides is 1. The van der Waals surface area contributed by atoms with E-state index >= 15 is 0 Å². The molecule has 132 valence electrons. The van der Waals surface area contributed by atoms with Crippen LogP contribution in [0.1, 0.15) is 24.0 Å². The van der Waals surface area contributed by atoms with Crippen molar-refractivity contribution < 1.29 is 18.7 Å². The Bertz CT molecular complexity index is 758. The second kappa shape index (κ2) is 7.55. The molecule has 1 aliphatic rings. The SMILES string of the molecule is COc1cc(C)ccc1OCC(=O)N(Cc1cccc(F)c1)C1CC1. The van der Waals surface area contributed by atoms with Gasteiger partial charge >= 0.3 is 0 Å². The van der Waals surface area contributed by atoms with Gasteiger partial charge in [0.1, 0.15) is 5.82 Å². The van der Waals surface area contributed by atoms with Gasteiger partial charge in [0.15, 0.2) is 18.1 Å². The average Bonchev–Trinajstić information content (AvgIpc) is 3.43. The molecule has 0 unspecified atom stereocenters. The van der Waals surface area contributed by atoms with Crippen LogP contribution in [0, 0.1) is 12.7 Å². The van der Waals surface area contributed by atoms with E-state index in [1.165, 1.54) is 12.1 Å². The Labute approximate surface area is 147 Å². The third kappa shape index (κ3) is 4.50. The highest BCUT2D eigenvalue weighted by molar-refractivity contribution is 5.78. The van der Waals surface area contributed by atoms with E-state index < -0.39 is 0 Å². The minimum Gasteiger partial charge on any atom is -0.493 e. The first kappa shape index (κ1) is 17.3. The molecule has 3 rings (SSSR count). The van der Waals surface area contributed by atoms with Crippen molar-refractivity contribution in [1.29, 1.82) is 0 Å². The maximum absolute atomic E-state index is 13.4. The lowest BCUT2D eigenvalue weighted by Gasteiger charge is -2.23. The number of methoxy groups -OCH3 is 1. The van der Waals surface area contributed by atoms with Gasteiger partial charge in [-0.25, -0.2) is 4.39 Å². The number of hydrogen-bond donors (Lipinski definition) is 0. The van der Waals surface area contributed by atoms with E-state index in [0.717, 1.165) is 24.0 Å². The van der Waals surface area contributed by atoms with Crippen molar-refractivity contribution in [2.45, 2.75) is 32.4 Å². The molecule has 0 radical (unpaired) electrons. The minimum atomic E-state index is -0.290. The fourth-order valence-electron chi connectivity index (χ4n) is 2.76. The Morgan fingerprint density at radius 1 is 1.20 bits per heavy atom. The number of hydrogen-bond acceptors (Lipinski definition) is 3. The number of nitrogens with zero attached hydrogens (tertiary/aromatic N) is 1. The van der Waals surface area contributed by atoms with Gasteiger partial charge in [-0.3, -0.25) is 4.79 Å². The van der Waals surface area contributed by atoms with Crippen molar-refractivity contribution in [2.75, 3.05) is 13.7 Å². The number of aryl methyl sites for hydroxylation is 1. The number of benzene rings is 2. The van der Waals surface area contributed by atoms with Crippen LogP contribution in [-0.2, 0) is 11.3 Å². The van der Waals surface area contributed by atoms with E-state index in [1.54, 1.807) is 24.1 Å². The zero-order valence-electron chi connectivity index (χ0n) is 14.5. The number of rotatable bonds is 7. The molecule has 0 atom stereocenters. The van der Waals surface area contributed by atoms with Crippen LogP contribution in [0.4, 0.5) is 4.39 Å². The van der Waals surface area contributed by atoms with Gasteiger partial charge < -0.3 is 14.4 Å². The van der Waals surface area contributed by atoms with Crippen molar-refractivity contribution in [1.82, 2.24) is 4.90 Å². The molecule has 25 heavy (non-hydrogen) atoms. The van der Waals surface area contributed by atoms with Crippen molar-refractivity contribution >= 4 is 5.91 Å². The quantitative estimate of drug-likeness (QED) is 0.769. The van der Waals surface area contributed by atoms with Crippen LogP contribution in [-0.4, -0.2) is 30.6 Å². The van der Waals surface area contributed by atoms with Crippen LogP contribution < -0.4 is 9.47 Å². The van der Waals surface area contributed by atoms with E-state index in [9.17, 15) is 9.18 Å². The van der Waals surface area contributed by atoms with E-state index in [0.29, 0.717) is 18.0 Å². The first-order valence-electron chi connectivity index (χ1n) is 8.38. The smallest absolute Gasteiger partial charge is 0.261 e. The Balaban J connectivity index is 1.65. The molecule has 0 N–H and O–H groups in total. The van der Waals surface area contributed by atoms with Crippen molar-refractivity contribution in [3.05, 3.63) is 59.4 Å². The summed E-state index contributed by atoms with van der Waals surface area (Å²) < 4.78 is 24.3. The van der Waals surface area contributed by atoms with Crippen LogP contribution >= 0.6 is 0 Å². The Morgan fingerprint density at radius 3 is 2.68 bits per heavy atom. The maximum atomic E-state index is 13.4. The predicted octanol–water partition coefficient (Wildman–Crippen LogP) is 3.71. The van der Waals surface area contributed by atoms with Crippen molar-refractivity contribution in [3.8, 4) is 11.5 Å². The Morgan fingerprint density at radius 2 is 2.00 bits per heavy atom. The third-order valence-corrected chi connectivity index (χ3v) is 4.22. The molecular formula is C20H22FNO3. The van der Waals surface area contributed by atoms with E-state index in [4.69, 9.17) is 9.47 Å². The van der Waals surface area contributed by atoms with E-state index in [-0.39, 0.29) is 24.4 Å². The lowest BCUT2D eigenvalue weighted by atomic mass is 10.2. The standard InChI is InChI=1S/C20H22FNO3/c1-14-6-9-18(19(10-14)24-2)25-13-20(23)22(17-7-8-17)12-15-4-3-5-16(21)11-15/h3-6,9-11,17H,7-8,12-13H2,1-2H3. The number of carbonyl (C=O) groups excluding carboxylic acids is 1. The molecule has 0 aliphatic heterocycles. The highest BCUT2D eigenvalue weighted by Gasteiger charge is 2.32. The first-order valence-corrected chi connectivity index (χ1v) is 8.38. The highest BCUT2D eigenvalue weighted by atomic mass is 19.1. The molecule has 1 fully saturated rings. The highest BCUT2D eigenvalue weighted by Crippen LogP contribution is 2.30. The summed E-state index contributed by atoms with van der Waals surface area (Å²) in [6.07, 6.45) is 1.96. The van der Waals surface area contributed by atoms with Crippen LogP contribution in [0.15, 0.2) is 42.5 Å². The summed E-state index contributed by atoms with van der Waals surface area (Å²) in [5.74, 6) is 0.759. The van der Waals surface area contributed by atoms with Gasteiger partial charge in [0.2, 0.25) is 0 Å². The maximum Gasteiger partial charge on any atom is 0.261 e. The number of carbonyl (C=O) groups is 1. The lowest BCUT2D eigenvalue weighted by molar-refractivity contribution is -0.134. The second-order valence-electron chi connectivity index (χ2n) is 6.33. The predicted molar refractivity (Wildman–Crippen MR) is 93.2 cm³/mol. The largest absolute Gasteiger partial charge is 0.493 e. The normalized spacial score (nSPS) is 13.4. The molecule has 1 amide bonds. The molecule has 1 saturated carbocycles. The summed E-state index contributed by atoms with van der Waals surface area (Å²) in [7, 11) is 1.57. The van der Waals surface area contributed by atoms with Crippen LogP contribution in [0.3, 0.4) is 0 Å². The first-order chi connectivity index (χ1) is 12.1. The summed E-state index contributed by atoms with van der Waals surface area (Å²) in [6, 6.07) is 12.2. The van der Waals surface area contributed by atoms with Crippen LogP contribution in [0.5, 0.6) is 11.5 Å². The number of ether oxygens (including phenoxy) is 2. The zero-order valence-corrected chi connectivity index (χ0v) is 14.5. The van der Waals surface area contributed by atoms with Crippen molar-refractivity contribution in [3.63, 3.8) is 0 Å².